The number of rotatable bonds is 6. The van der Waals surface area contributed by atoms with E-state index in [4.69, 9.17) is 27.9 Å². The molecule has 1 saturated heterocycles. The minimum Gasteiger partial charge on any atom is -0.379 e. The van der Waals surface area contributed by atoms with Gasteiger partial charge in [0, 0.05) is 25.7 Å². The summed E-state index contributed by atoms with van der Waals surface area (Å²) in [6.45, 7) is 2.58. The predicted octanol–water partition coefficient (Wildman–Crippen LogP) is 3.55. The van der Waals surface area contributed by atoms with Crippen molar-refractivity contribution in [1.29, 1.82) is 0 Å². The van der Waals surface area contributed by atoms with Crippen molar-refractivity contribution >= 4 is 44.6 Å². The molecule has 2 aromatic rings. The van der Waals surface area contributed by atoms with Crippen LogP contribution in [0.25, 0.3) is 0 Å². The summed E-state index contributed by atoms with van der Waals surface area (Å²) in [5, 5.41) is 0. The van der Waals surface area contributed by atoms with Crippen LogP contribution in [0.15, 0.2) is 35.2 Å². The molecule has 1 unspecified atom stereocenters. The van der Waals surface area contributed by atoms with Gasteiger partial charge in [0.05, 0.1) is 17.6 Å². The van der Waals surface area contributed by atoms with Crippen LogP contribution in [0.5, 0.6) is 0 Å². The van der Waals surface area contributed by atoms with Gasteiger partial charge in [-0.1, -0.05) is 35.3 Å². The molecule has 0 bridgehead atoms. The Labute approximate surface area is 165 Å². The normalized spacial score (nSPS) is 17.3. The van der Waals surface area contributed by atoms with E-state index in [0.717, 1.165) is 16.9 Å². The minimum absolute atomic E-state index is 0.0333. The Morgan fingerprint density at radius 1 is 1.23 bits per heavy atom. The number of benzene rings is 1. The third-order valence-corrected chi connectivity index (χ3v) is 7.30. The van der Waals surface area contributed by atoms with E-state index >= 15 is 0 Å². The fourth-order valence-corrected chi connectivity index (χ4v) is 5.99. The number of hydrogen-bond acceptors (Lipinski definition) is 5. The molecule has 0 aliphatic carbocycles. The summed E-state index contributed by atoms with van der Waals surface area (Å²) >= 11 is 12.8. The molecule has 0 amide bonds. The topological polar surface area (TPSA) is 58.6 Å². The maximum Gasteiger partial charge on any atom is 0.243 e. The summed E-state index contributed by atoms with van der Waals surface area (Å²) < 4.78 is 46.8. The van der Waals surface area contributed by atoms with Crippen LogP contribution in [0.1, 0.15) is 11.6 Å². The van der Waals surface area contributed by atoms with Crippen LogP contribution in [-0.4, -0.2) is 46.2 Å². The molecule has 1 N–H and O–H groups in total. The minimum atomic E-state index is -3.81. The maximum absolute atomic E-state index is 13.3. The number of halogens is 3. The van der Waals surface area contributed by atoms with Gasteiger partial charge in [0.1, 0.15) is 15.0 Å². The lowest BCUT2D eigenvalue weighted by atomic mass is 10.0. The zero-order valence-corrected chi connectivity index (χ0v) is 16.8. The molecule has 3 rings (SSSR count). The van der Waals surface area contributed by atoms with Crippen molar-refractivity contribution in [2.45, 2.75) is 10.9 Å². The number of nitrogens with zero attached hydrogens (tertiary/aromatic N) is 1. The first kappa shape index (κ1) is 20.0. The molecule has 1 aromatic heterocycles. The summed E-state index contributed by atoms with van der Waals surface area (Å²) in [5.74, 6) is -0.338. The van der Waals surface area contributed by atoms with Crippen LogP contribution in [0.3, 0.4) is 0 Å². The number of sulfonamides is 1. The Balaban J connectivity index is 1.81. The van der Waals surface area contributed by atoms with E-state index in [1.54, 1.807) is 12.1 Å². The van der Waals surface area contributed by atoms with E-state index in [2.05, 4.69) is 9.62 Å². The number of thiophene rings is 1. The van der Waals surface area contributed by atoms with E-state index in [1.165, 1.54) is 18.2 Å². The molecule has 10 heteroatoms. The lowest BCUT2D eigenvalue weighted by molar-refractivity contribution is 0.0172. The van der Waals surface area contributed by atoms with Crippen LogP contribution >= 0.6 is 34.5 Å². The van der Waals surface area contributed by atoms with Crippen LogP contribution in [0.4, 0.5) is 4.39 Å². The second kappa shape index (κ2) is 8.52. The molecule has 1 aliphatic heterocycles. The smallest absolute Gasteiger partial charge is 0.243 e. The molecule has 1 atom stereocenters. The van der Waals surface area contributed by atoms with Gasteiger partial charge in [0.2, 0.25) is 10.0 Å². The van der Waals surface area contributed by atoms with Gasteiger partial charge in [-0.2, -0.15) is 0 Å². The maximum atomic E-state index is 13.3. The third-order valence-electron chi connectivity index (χ3n) is 4.12. The summed E-state index contributed by atoms with van der Waals surface area (Å²) in [4.78, 5) is 2.08. The highest BCUT2D eigenvalue weighted by Crippen LogP contribution is 2.34. The number of hydrogen-bond donors (Lipinski definition) is 1. The number of morpholine rings is 1. The van der Waals surface area contributed by atoms with Gasteiger partial charge in [-0.25, -0.2) is 17.5 Å². The Kier molecular flexibility index (Phi) is 6.55. The van der Waals surface area contributed by atoms with E-state index in [0.29, 0.717) is 30.6 Å². The van der Waals surface area contributed by atoms with Gasteiger partial charge in [-0.3, -0.25) is 4.90 Å². The molecule has 0 radical (unpaired) electrons. The Bertz CT molecular complexity index is 853. The summed E-state index contributed by atoms with van der Waals surface area (Å²) in [7, 11) is -3.81. The zero-order chi connectivity index (χ0) is 18.7. The van der Waals surface area contributed by atoms with Crippen LogP contribution in [0.2, 0.25) is 8.67 Å². The van der Waals surface area contributed by atoms with Gasteiger partial charge in [0.25, 0.3) is 0 Å². The van der Waals surface area contributed by atoms with Gasteiger partial charge >= 0.3 is 0 Å². The second-order valence-electron chi connectivity index (χ2n) is 5.76. The Morgan fingerprint density at radius 2 is 1.88 bits per heavy atom. The monoisotopic (exact) mass is 438 g/mol. The molecule has 1 fully saturated rings. The molecule has 142 valence electrons. The zero-order valence-electron chi connectivity index (χ0n) is 13.6. The summed E-state index contributed by atoms with van der Waals surface area (Å²) in [6, 6.07) is 7.15. The van der Waals surface area contributed by atoms with Gasteiger partial charge in [0.15, 0.2) is 0 Å². The quantitative estimate of drug-likeness (QED) is 0.748. The third kappa shape index (κ3) is 4.75. The highest BCUT2D eigenvalue weighted by molar-refractivity contribution is 7.89. The first-order chi connectivity index (χ1) is 12.4. The fourth-order valence-electron chi connectivity index (χ4n) is 2.81. The van der Waals surface area contributed by atoms with Crippen LogP contribution in [-0.2, 0) is 14.8 Å². The molecule has 1 aromatic carbocycles. The van der Waals surface area contributed by atoms with Crippen molar-refractivity contribution in [1.82, 2.24) is 9.62 Å². The van der Waals surface area contributed by atoms with Crippen molar-refractivity contribution < 1.29 is 17.5 Å². The first-order valence-corrected chi connectivity index (χ1v) is 10.9. The van der Waals surface area contributed by atoms with Gasteiger partial charge in [-0.05, 0) is 23.8 Å². The van der Waals surface area contributed by atoms with Crippen molar-refractivity contribution in [3.05, 3.63) is 50.4 Å². The van der Waals surface area contributed by atoms with E-state index in [-0.39, 0.29) is 27.6 Å². The molecule has 0 spiro atoms. The molecule has 0 saturated carbocycles. The molecular formula is C16H17Cl2FN2O3S2. The lowest BCUT2D eigenvalue weighted by Crippen LogP contribution is -2.43. The van der Waals surface area contributed by atoms with Crippen molar-refractivity contribution in [3.8, 4) is 0 Å². The first-order valence-electron chi connectivity index (χ1n) is 7.88. The van der Waals surface area contributed by atoms with Crippen molar-refractivity contribution in [2.24, 2.45) is 0 Å². The SMILES string of the molecule is O=S(=O)(NCC(c1ccc(F)cc1)N1CCOCC1)c1cc(Cl)sc1Cl. The second-order valence-corrected chi connectivity index (χ2v) is 9.78. The van der Waals surface area contributed by atoms with Crippen LogP contribution < -0.4 is 4.72 Å². The van der Waals surface area contributed by atoms with Gasteiger partial charge < -0.3 is 4.74 Å². The van der Waals surface area contributed by atoms with Crippen molar-refractivity contribution in [2.75, 3.05) is 32.8 Å². The standard InChI is InChI=1S/C16H17Cl2FN2O3S2/c17-15-9-14(16(18)25-15)26(22,23)20-10-13(21-5-7-24-8-6-21)11-1-3-12(19)4-2-11/h1-4,9,13,20H,5-8,10H2. The molecular weight excluding hydrogens is 422 g/mol. The lowest BCUT2D eigenvalue weighted by Gasteiger charge is -2.34. The van der Waals surface area contributed by atoms with E-state index in [1.807, 2.05) is 0 Å². The van der Waals surface area contributed by atoms with Crippen LogP contribution in [0, 0.1) is 5.82 Å². The summed E-state index contributed by atoms with van der Waals surface area (Å²) in [5.41, 5.74) is 0.824. The molecule has 1 aliphatic rings. The average molecular weight is 439 g/mol. The Morgan fingerprint density at radius 3 is 2.46 bits per heavy atom. The fraction of sp³-hybridized carbons (Fsp3) is 0.375. The number of nitrogens with one attached hydrogen (secondary N) is 1. The predicted molar refractivity (Wildman–Crippen MR) is 101 cm³/mol. The number of ether oxygens (including phenoxy) is 1. The molecule has 2 heterocycles. The summed E-state index contributed by atoms with van der Waals surface area (Å²) in [6.07, 6.45) is 0. The molecule has 5 nitrogen and oxygen atoms in total. The highest BCUT2D eigenvalue weighted by Gasteiger charge is 2.27. The van der Waals surface area contributed by atoms with E-state index in [9.17, 15) is 12.8 Å². The Hall–Kier alpha value is -0.740. The van der Waals surface area contributed by atoms with Gasteiger partial charge in [-0.15, -0.1) is 11.3 Å². The van der Waals surface area contributed by atoms with Crippen molar-refractivity contribution in [3.63, 3.8) is 0 Å². The highest BCUT2D eigenvalue weighted by atomic mass is 35.5. The largest absolute Gasteiger partial charge is 0.379 e. The average Bonchev–Trinajstić information content (AvgIpc) is 2.97. The molecule has 26 heavy (non-hydrogen) atoms. The van der Waals surface area contributed by atoms with E-state index < -0.39 is 10.0 Å².